The van der Waals surface area contributed by atoms with Gasteiger partial charge in [-0.15, -0.1) is 6.58 Å². The Morgan fingerprint density at radius 3 is 2.05 bits per heavy atom. The lowest BCUT2D eigenvalue weighted by Gasteiger charge is -2.43. The summed E-state index contributed by atoms with van der Waals surface area (Å²) in [6.45, 7) is 10.6. The minimum Gasteiger partial charge on any atom is -0.343 e. The summed E-state index contributed by atoms with van der Waals surface area (Å²) in [6.07, 6.45) is 5.53. The van der Waals surface area contributed by atoms with Crippen LogP contribution in [0.4, 0.5) is 0 Å². The van der Waals surface area contributed by atoms with Crippen LogP contribution in [0.25, 0.3) is 0 Å². The molecule has 1 rings (SSSR count). The summed E-state index contributed by atoms with van der Waals surface area (Å²) < 4.78 is -1.92. The highest BCUT2D eigenvalue weighted by Gasteiger charge is 2.41. The van der Waals surface area contributed by atoms with E-state index in [-0.39, 0.29) is 5.41 Å². The number of alkyl halides is 3. The van der Waals surface area contributed by atoms with Gasteiger partial charge in [0.15, 0.2) is 0 Å². The number of hydrogen-bond donors (Lipinski definition) is 1. The Labute approximate surface area is 130 Å². The molecular weight excluding hydrogens is 305 g/mol. The molecule has 1 aliphatic rings. The van der Waals surface area contributed by atoms with Gasteiger partial charge < -0.3 is 5.32 Å². The molecule has 1 saturated carbocycles. The molecule has 5 heteroatoms. The summed E-state index contributed by atoms with van der Waals surface area (Å²) in [5.41, 5.74) is -0.157. The van der Waals surface area contributed by atoms with Crippen LogP contribution in [0.5, 0.6) is 0 Å². The summed E-state index contributed by atoms with van der Waals surface area (Å²) in [4.78, 5) is 11.8. The number of hydrogen-bond acceptors (Lipinski definition) is 1. The molecule has 0 saturated heterocycles. The number of halogens is 3. The standard InChI is InChI=1S/C14H22Cl3NO/c1-5-13(18-11(19)14(15,16)17)8-6-10(7-9-13)12(2,3)4/h5,10H,1,6-9H2,2-4H3,(H,18,19). The van der Waals surface area contributed by atoms with Gasteiger partial charge in [-0.3, -0.25) is 4.79 Å². The molecule has 19 heavy (non-hydrogen) atoms. The Hall–Kier alpha value is 0.0800. The van der Waals surface area contributed by atoms with E-state index in [0.717, 1.165) is 25.7 Å². The fourth-order valence-electron chi connectivity index (χ4n) is 2.68. The molecule has 1 fully saturated rings. The average molecular weight is 327 g/mol. The number of nitrogens with one attached hydrogen (secondary N) is 1. The van der Waals surface area contributed by atoms with E-state index in [0.29, 0.717) is 5.92 Å². The van der Waals surface area contributed by atoms with E-state index in [4.69, 9.17) is 34.8 Å². The van der Waals surface area contributed by atoms with Gasteiger partial charge in [-0.05, 0) is 37.0 Å². The maximum atomic E-state index is 11.8. The van der Waals surface area contributed by atoms with Crippen LogP contribution in [0.3, 0.4) is 0 Å². The second-order valence-corrected chi connectivity index (χ2v) is 8.73. The van der Waals surface area contributed by atoms with Crippen LogP contribution in [-0.2, 0) is 4.79 Å². The van der Waals surface area contributed by atoms with Crippen molar-refractivity contribution in [3.8, 4) is 0 Å². The second-order valence-electron chi connectivity index (χ2n) is 6.45. The molecular formula is C14H22Cl3NO. The first-order valence-electron chi connectivity index (χ1n) is 6.53. The zero-order valence-electron chi connectivity index (χ0n) is 11.7. The monoisotopic (exact) mass is 325 g/mol. The molecule has 110 valence electrons. The molecule has 0 aromatic rings. The third-order valence-electron chi connectivity index (χ3n) is 4.11. The van der Waals surface area contributed by atoms with Crippen molar-refractivity contribution >= 4 is 40.7 Å². The number of carbonyl (C=O) groups excluding carboxylic acids is 1. The van der Waals surface area contributed by atoms with Crippen molar-refractivity contribution in [1.82, 2.24) is 5.32 Å². The molecule has 0 heterocycles. The van der Waals surface area contributed by atoms with Gasteiger partial charge in [0, 0.05) is 0 Å². The van der Waals surface area contributed by atoms with Crippen LogP contribution < -0.4 is 5.32 Å². The second kappa shape index (κ2) is 5.83. The SMILES string of the molecule is C=CC1(NC(=O)C(Cl)(Cl)Cl)CCC(C(C)(C)C)CC1. The van der Waals surface area contributed by atoms with Crippen LogP contribution in [0.15, 0.2) is 12.7 Å². The van der Waals surface area contributed by atoms with Gasteiger partial charge in [0.05, 0.1) is 5.54 Å². The summed E-state index contributed by atoms with van der Waals surface area (Å²) >= 11 is 16.8. The smallest absolute Gasteiger partial charge is 0.272 e. The van der Waals surface area contributed by atoms with E-state index in [1.54, 1.807) is 6.08 Å². The molecule has 0 radical (unpaired) electrons. The molecule has 0 bridgehead atoms. The first kappa shape index (κ1) is 17.1. The summed E-state index contributed by atoms with van der Waals surface area (Å²) in [6, 6.07) is 0. The zero-order chi connectivity index (χ0) is 14.9. The Balaban J connectivity index is 2.71. The van der Waals surface area contributed by atoms with Gasteiger partial charge in [0.25, 0.3) is 9.70 Å². The predicted octanol–water partition coefficient (Wildman–Crippen LogP) is 4.63. The minimum atomic E-state index is -1.92. The largest absolute Gasteiger partial charge is 0.343 e. The minimum absolute atomic E-state index is 0.284. The van der Waals surface area contributed by atoms with Crippen molar-refractivity contribution in [3.05, 3.63) is 12.7 Å². The highest BCUT2D eigenvalue weighted by Crippen LogP contribution is 2.42. The van der Waals surface area contributed by atoms with Gasteiger partial charge in [0.2, 0.25) is 0 Å². The lowest BCUT2D eigenvalue weighted by Crippen LogP contribution is -2.53. The molecule has 0 unspecified atom stereocenters. The molecule has 1 N–H and O–H groups in total. The van der Waals surface area contributed by atoms with Crippen molar-refractivity contribution in [2.75, 3.05) is 0 Å². The van der Waals surface area contributed by atoms with Crippen LogP contribution in [0.1, 0.15) is 46.5 Å². The van der Waals surface area contributed by atoms with Gasteiger partial charge >= 0.3 is 0 Å². The Morgan fingerprint density at radius 1 is 1.26 bits per heavy atom. The molecule has 0 aliphatic heterocycles. The topological polar surface area (TPSA) is 29.1 Å². The number of amides is 1. The zero-order valence-corrected chi connectivity index (χ0v) is 14.0. The van der Waals surface area contributed by atoms with E-state index in [1.807, 2.05) is 0 Å². The molecule has 0 spiro atoms. The van der Waals surface area contributed by atoms with Crippen molar-refractivity contribution in [2.45, 2.75) is 55.8 Å². The molecule has 2 nitrogen and oxygen atoms in total. The highest BCUT2D eigenvalue weighted by atomic mass is 35.6. The first-order valence-corrected chi connectivity index (χ1v) is 7.66. The van der Waals surface area contributed by atoms with Crippen molar-refractivity contribution in [3.63, 3.8) is 0 Å². The third-order valence-corrected chi connectivity index (χ3v) is 4.63. The Kier molecular flexibility index (Phi) is 5.26. The fraction of sp³-hybridized carbons (Fsp3) is 0.786. The fourth-order valence-corrected chi connectivity index (χ4v) is 2.82. The summed E-state index contributed by atoms with van der Waals surface area (Å²) in [7, 11) is 0. The lowest BCUT2D eigenvalue weighted by molar-refractivity contribution is -0.122. The highest BCUT2D eigenvalue weighted by molar-refractivity contribution is 6.76. The maximum Gasteiger partial charge on any atom is 0.272 e. The maximum absolute atomic E-state index is 11.8. The molecule has 1 amide bonds. The molecule has 1 aliphatic carbocycles. The van der Waals surface area contributed by atoms with Gasteiger partial charge in [-0.25, -0.2) is 0 Å². The molecule has 0 aromatic carbocycles. The normalized spacial score (nSPS) is 28.8. The van der Waals surface area contributed by atoms with E-state index >= 15 is 0 Å². The van der Waals surface area contributed by atoms with Crippen LogP contribution in [-0.4, -0.2) is 15.2 Å². The lowest BCUT2D eigenvalue weighted by atomic mass is 9.67. The van der Waals surface area contributed by atoms with Crippen LogP contribution in [0, 0.1) is 11.3 Å². The predicted molar refractivity (Wildman–Crippen MR) is 82.8 cm³/mol. The number of rotatable bonds is 2. The van der Waals surface area contributed by atoms with Crippen molar-refractivity contribution in [2.24, 2.45) is 11.3 Å². The van der Waals surface area contributed by atoms with E-state index in [9.17, 15) is 4.79 Å². The average Bonchev–Trinajstić information content (AvgIpc) is 2.27. The third kappa shape index (κ3) is 4.54. The van der Waals surface area contributed by atoms with Gasteiger partial charge in [0.1, 0.15) is 0 Å². The van der Waals surface area contributed by atoms with Gasteiger partial charge in [-0.2, -0.15) is 0 Å². The van der Waals surface area contributed by atoms with Gasteiger partial charge in [-0.1, -0.05) is 61.7 Å². The van der Waals surface area contributed by atoms with Crippen molar-refractivity contribution in [1.29, 1.82) is 0 Å². The molecule has 0 atom stereocenters. The summed E-state index contributed by atoms with van der Waals surface area (Å²) in [5, 5.41) is 2.84. The Morgan fingerprint density at radius 2 is 1.74 bits per heavy atom. The van der Waals surface area contributed by atoms with E-state index < -0.39 is 15.2 Å². The first-order chi connectivity index (χ1) is 8.50. The Bertz CT molecular complexity index is 347. The van der Waals surface area contributed by atoms with E-state index in [1.165, 1.54) is 0 Å². The summed E-state index contributed by atoms with van der Waals surface area (Å²) in [5.74, 6) is 0.0665. The van der Waals surface area contributed by atoms with E-state index in [2.05, 4.69) is 32.7 Å². The van der Waals surface area contributed by atoms with Crippen molar-refractivity contribution < 1.29 is 4.79 Å². The van der Waals surface area contributed by atoms with Crippen LogP contribution in [0.2, 0.25) is 0 Å². The molecule has 0 aromatic heterocycles. The quantitative estimate of drug-likeness (QED) is 0.581. The number of carbonyl (C=O) groups is 1. The van der Waals surface area contributed by atoms with Crippen LogP contribution >= 0.6 is 34.8 Å².